The van der Waals surface area contributed by atoms with Crippen LogP contribution in [0.1, 0.15) is 26.3 Å². The van der Waals surface area contributed by atoms with Crippen molar-refractivity contribution in [3.63, 3.8) is 0 Å². The summed E-state index contributed by atoms with van der Waals surface area (Å²) in [6.45, 7) is 6.22. The highest BCUT2D eigenvalue weighted by Crippen LogP contribution is 2.39. The minimum atomic E-state index is -0.689. The zero-order valence-electron chi connectivity index (χ0n) is 12.6. The first-order valence-corrected chi connectivity index (χ1v) is 7.22. The van der Waals surface area contributed by atoms with E-state index in [0.29, 0.717) is 19.5 Å². The molecular weight excluding hydrogens is 270 g/mol. The van der Waals surface area contributed by atoms with Crippen molar-refractivity contribution in [2.75, 3.05) is 13.1 Å². The fourth-order valence-corrected chi connectivity index (χ4v) is 2.78. The SMILES string of the molecule is CC(C)(C)OC(=O)N1CC2(C1)Oc1ccccc1CC2O. The highest BCUT2D eigenvalue weighted by molar-refractivity contribution is 5.70. The van der Waals surface area contributed by atoms with Crippen molar-refractivity contribution in [1.82, 2.24) is 4.90 Å². The van der Waals surface area contributed by atoms with Gasteiger partial charge in [0.05, 0.1) is 13.1 Å². The van der Waals surface area contributed by atoms with Gasteiger partial charge in [-0.1, -0.05) is 18.2 Å². The highest BCUT2D eigenvalue weighted by atomic mass is 16.6. The quantitative estimate of drug-likeness (QED) is 0.794. The van der Waals surface area contributed by atoms with Crippen LogP contribution in [-0.2, 0) is 11.2 Å². The number of amides is 1. The predicted molar refractivity (Wildman–Crippen MR) is 77.3 cm³/mol. The van der Waals surface area contributed by atoms with E-state index in [-0.39, 0.29) is 6.09 Å². The number of aliphatic hydroxyl groups excluding tert-OH is 1. The Morgan fingerprint density at radius 3 is 2.71 bits per heavy atom. The number of para-hydroxylation sites is 1. The van der Waals surface area contributed by atoms with Crippen LogP contribution >= 0.6 is 0 Å². The van der Waals surface area contributed by atoms with Crippen LogP contribution in [0.15, 0.2) is 24.3 Å². The standard InChI is InChI=1S/C16H21NO4/c1-15(2,3)21-14(19)17-9-16(10-17)13(18)8-11-6-4-5-7-12(11)20-16/h4-7,13,18H,8-10H2,1-3H3. The molecule has 2 aliphatic heterocycles. The van der Waals surface area contributed by atoms with Crippen molar-refractivity contribution in [2.45, 2.75) is 44.5 Å². The molecule has 1 amide bonds. The molecule has 1 aromatic rings. The molecular formula is C16H21NO4. The smallest absolute Gasteiger partial charge is 0.410 e. The van der Waals surface area contributed by atoms with Gasteiger partial charge in [-0.15, -0.1) is 0 Å². The van der Waals surface area contributed by atoms with Gasteiger partial charge in [0, 0.05) is 6.42 Å². The first-order chi connectivity index (χ1) is 9.79. The average molecular weight is 291 g/mol. The van der Waals surface area contributed by atoms with E-state index in [9.17, 15) is 9.90 Å². The van der Waals surface area contributed by atoms with Gasteiger partial charge in [0.2, 0.25) is 0 Å². The molecule has 1 spiro atoms. The van der Waals surface area contributed by atoms with Crippen molar-refractivity contribution in [3.8, 4) is 5.75 Å². The van der Waals surface area contributed by atoms with E-state index in [4.69, 9.17) is 9.47 Å². The number of fused-ring (bicyclic) bond motifs is 1. The molecule has 1 saturated heterocycles. The van der Waals surface area contributed by atoms with Crippen LogP contribution in [0, 0.1) is 0 Å². The molecule has 1 atom stereocenters. The van der Waals surface area contributed by atoms with Crippen LogP contribution < -0.4 is 4.74 Å². The zero-order valence-corrected chi connectivity index (χ0v) is 12.6. The lowest BCUT2D eigenvalue weighted by Crippen LogP contribution is -2.73. The van der Waals surface area contributed by atoms with E-state index < -0.39 is 17.3 Å². The molecule has 2 aliphatic rings. The zero-order chi connectivity index (χ0) is 15.3. The Labute approximate surface area is 124 Å². The van der Waals surface area contributed by atoms with Gasteiger partial charge in [0.15, 0.2) is 5.60 Å². The van der Waals surface area contributed by atoms with Crippen LogP contribution in [0.2, 0.25) is 0 Å². The number of nitrogens with zero attached hydrogens (tertiary/aromatic N) is 1. The minimum absolute atomic E-state index is 0.359. The highest BCUT2D eigenvalue weighted by Gasteiger charge is 2.55. The Morgan fingerprint density at radius 1 is 1.38 bits per heavy atom. The lowest BCUT2D eigenvalue weighted by Gasteiger charge is -2.53. The maximum Gasteiger partial charge on any atom is 0.410 e. The minimum Gasteiger partial charge on any atom is -0.481 e. The van der Waals surface area contributed by atoms with Gasteiger partial charge in [-0.3, -0.25) is 4.90 Å². The molecule has 3 rings (SSSR count). The summed E-state index contributed by atoms with van der Waals surface area (Å²) in [5.74, 6) is 0.798. The third-order valence-electron chi connectivity index (χ3n) is 3.88. The molecule has 0 radical (unpaired) electrons. The number of hydrogen-bond acceptors (Lipinski definition) is 4. The third kappa shape index (κ3) is 2.58. The normalized spacial score (nSPS) is 23.0. The van der Waals surface area contributed by atoms with Crippen LogP contribution in [-0.4, -0.2) is 46.5 Å². The molecule has 21 heavy (non-hydrogen) atoms. The van der Waals surface area contributed by atoms with Crippen molar-refractivity contribution >= 4 is 6.09 Å². The second kappa shape index (κ2) is 4.63. The number of ether oxygens (including phenoxy) is 2. The van der Waals surface area contributed by atoms with Crippen LogP contribution in [0.5, 0.6) is 5.75 Å². The predicted octanol–water partition coefficient (Wildman–Crippen LogP) is 1.97. The summed E-state index contributed by atoms with van der Waals surface area (Å²) >= 11 is 0. The molecule has 114 valence electrons. The van der Waals surface area contributed by atoms with Crippen molar-refractivity contribution < 1.29 is 19.4 Å². The first-order valence-electron chi connectivity index (χ1n) is 7.22. The van der Waals surface area contributed by atoms with E-state index in [1.165, 1.54) is 0 Å². The number of rotatable bonds is 0. The first kappa shape index (κ1) is 14.2. The Kier molecular flexibility index (Phi) is 3.13. The molecule has 0 aliphatic carbocycles. The second-order valence-corrected chi connectivity index (χ2v) is 6.83. The van der Waals surface area contributed by atoms with Gasteiger partial charge in [-0.25, -0.2) is 4.79 Å². The molecule has 1 fully saturated rings. The number of likely N-dealkylation sites (tertiary alicyclic amines) is 1. The maximum absolute atomic E-state index is 12.0. The number of hydrogen-bond donors (Lipinski definition) is 1. The van der Waals surface area contributed by atoms with Gasteiger partial charge in [-0.05, 0) is 32.4 Å². The van der Waals surface area contributed by atoms with Crippen molar-refractivity contribution in [3.05, 3.63) is 29.8 Å². The Hall–Kier alpha value is -1.75. The largest absolute Gasteiger partial charge is 0.481 e. The Bertz CT molecular complexity index is 558. The second-order valence-electron chi connectivity index (χ2n) is 6.83. The van der Waals surface area contributed by atoms with E-state index in [1.807, 2.05) is 45.0 Å². The molecule has 1 aromatic carbocycles. The van der Waals surface area contributed by atoms with Gasteiger partial charge in [-0.2, -0.15) is 0 Å². The molecule has 0 saturated carbocycles. The average Bonchev–Trinajstić information content (AvgIpc) is 2.33. The molecule has 5 heteroatoms. The fourth-order valence-electron chi connectivity index (χ4n) is 2.78. The summed E-state index contributed by atoms with van der Waals surface area (Å²) < 4.78 is 11.3. The van der Waals surface area contributed by atoms with E-state index in [1.54, 1.807) is 4.90 Å². The van der Waals surface area contributed by atoms with E-state index in [2.05, 4.69) is 0 Å². The van der Waals surface area contributed by atoms with Gasteiger partial charge in [0.1, 0.15) is 17.5 Å². The summed E-state index contributed by atoms with van der Waals surface area (Å²) in [5, 5.41) is 10.4. The summed E-state index contributed by atoms with van der Waals surface area (Å²) in [6, 6.07) is 7.70. The molecule has 0 bridgehead atoms. The van der Waals surface area contributed by atoms with Gasteiger partial charge >= 0.3 is 6.09 Å². The van der Waals surface area contributed by atoms with Crippen molar-refractivity contribution in [2.24, 2.45) is 0 Å². The molecule has 1 unspecified atom stereocenters. The Balaban J connectivity index is 1.68. The molecule has 1 N–H and O–H groups in total. The topological polar surface area (TPSA) is 59.0 Å². The summed E-state index contributed by atoms with van der Waals surface area (Å²) in [7, 11) is 0. The molecule has 5 nitrogen and oxygen atoms in total. The number of benzene rings is 1. The molecule has 2 heterocycles. The van der Waals surface area contributed by atoms with Crippen LogP contribution in [0.4, 0.5) is 4.79 Å². The summed E-state index contributed by atoms with van der Waals surface area (Å²) in [5.41, 5.74) is -0.199. The van der Waals surface area contributed by atoms with Crippen LogP contribution in [0.25, 0.3) is 0 Å². The lowest BCUT2D eigenvalue weighted by atomic mass is 9.82. The number of carbonyl (C=O) groups is 1. The van der Waals surface area contributed by atoms with E-state index in [0.717, 1.165) is 11.3 Å². The van der Waals surface area contributed by atoms with Crippen LogP contribution in [0.3, 0.4) is 0 Å². The molecule has 0 aromatic heterocycles. The fraction of sp³-hybridized carbons (Fsp3) is 0.562. The van der Waals surface area contributed by atoms with Gasteiger partial charge in [0.25, 0.3) is 0 Å². The summed E-state index contributed by atoms with van der Waals surface area (Å²) in [6.07, 6.45) is -0.410. The van der Waals surface area contributed by atoms with Crippen molar-refractivity contribution in [1.29, 1.82) is 0 Å². The number of carbonyl (C=O) groups excluding carboxylic acids is 1. The van der Waals surface area contributed by atoms with Gasteiger partial charge < -0.3 is 14.6 Å². The monoisotopic (exact) mass is 291 g/mol. The number of aliphatic hydroxyl groups is 1. The van der Waals surface area contributed by atoms with E-state index >= 15 is 0 Å². The summed E-state index contributed by atoms with van der Waals surface area (Å²) in [4.78, 5) is 13.6. The Morgan fingerprint density at radius 2 is 2.05 bits per heavy atom. The maximum atomic E-state index is 12.0. The third-order valence-corrected chi connectivity index (χ3v) is 3.88. The lowest BCUT2D eigenvalue weighted by molar-refractivity contribution is -0.150.